The van der Waals surface area contributed by atoms with Gasteiger partial charge in [-0.1, -0.05) is 24.3 Å². The Bertz CT molecular complexity index is 376. The molecule has 0 unspecified atom stereocenters. The molecule has 3 heteroatoms. The van der Waals surface area contributed by atoms with E-state index in [-0.39, 0.29) is 5.91 Å². The molecule has 1 amide bonds. The van der Waals surface area contributed by atoms with Crippen LogP contribution >= 0.6 is 0 Å². The summed E-state index contributed by atoms with van der Waals surface area (Å²) in [6, 6.07) is 9.08. The van der Waals surface area contributed by atoms with Gasteiger partial charge in [0.05, 0.1) is 0 Å². The quantitative estimate of drug-likeness (QED) is 0.846. The van der Waals surface area contributed by atoms with E-state index in [0.717, 1.165) is 19.4 Å². The molecule has 0 radical (unpaired) electrons. The third kappa shape index (κ3) is 3.07. The van der Waals surface area contributed by atoms with Crippen LogP contribution in [0.4, 0.5) is 0 Å². The normalized spacial score (nSPS) is 14.7. The van der Waals surface area contributed by atoms with Gasteiger partial charge in [-0.05, 0) is 24.0 Å². The molecule has 1 aliphatic carbocycles. The van der Waals surface area contributed by atoms with Gasteiger partial charge in [0.2, 0.25) is 5.91 Å². The molecule has 1 aromatic carbocycles. The largest absolute Gasteiger partial charge is 0.349 e. The monoisotopic (exact) mass is 232 g/mol. The van der Waals surface area contributed by atoms with Crippen molar-refractivity contribution in [3.63, 3.8) is 0 Å². The van der Waals surface area contributed by atoms with Gasteiger partial charge in [0.15, 0.2) is 0 Å². The van der Waals surface area contributed by atoms with Crippen LogP contribution in [0.3, 0.4) is 0 Å². The molecule has 0 aromatic heterocycles. The van der Waals surface area contributed by atoms with E-state index in [0.29, 0.717) is 12.5 Å². The maximum absolute atomic E-state index is 11.4. The van der Waals surface area contributed by atoms with Crippen molar-refractivity contribution in [3.05, 3.63) is 35.4 Å². The highest BCUT2D eigenvalue weighted by molar-refractivity contribution is 5.75. The van der Waals surface area contributed by atoms with Gasteiger partial charge in [-0.25, -0.2) is 0 Å². The molecule has 0 fully saturated rings. The topological polar surface area (TPSA) is 32.3 Å². The van der Waals surface area contributed by atoms with Crippen LogP contribution in [-0.2, 0) is 17.6 Å². The van der Waals surface area contributed by atoms with Crippen LogP contribution in [0.15, 0.2) is 24.3 Å². The SMILES string of the molecule is CN(C)C(=O)CCNC1Cc2ccccc2C1. The molecule has 2 rings (SSSR count). The number of hydrogen-bond acceptors (Lipinski definition) is 2. The fourth-order valence-corrected chi connectivity index (χ4v) is 2.31. The van der Waals surface area contributed by atoms with Crippen LogP contribution in [0.25, 0.3) is 0 Å². The number of fused-ring (bicyclic) bond motifs is 1. The van der Waals surface area contributed by atoms with Crippen molar-refractivity contribution in [1.29, 1.82) is 0 Å². The fourth-order valence-electron chi connectivity index (χ4n) is 2.31. The Kier molecular flexibility index (Phi) is 3.79. The fraction of sp³-hybridized carbons (Fsp3) is 0.500. The van der Waals surface area contributed by atoms with Crippen molar-refractivity contribution in [1.82, 2.24) is 10.2 Å². The van der Waals surface area contributed by atoms with E-state index in [1.165, 1.54) is 11.1 Å². The number of hydrogen-bond donors (Lipinski definition) is 1. The molecule has 17 heavy (non-hydrogen) atoms. The molecule has 0 spiro atoms. The molecule has 3 nitrogen and oxygen atoms in total. The maximum atomic E-state index is 11.4. The first kappa shape index (κ1) is 12.1. The minimum atomic E-state index is 0.188. The Hall–Kier alpha value is -1.35. The third-order valence-electron chi connectivity index (χ3n) is 3.32. The molecule has 1 N–H and O–H groups in total. The predicted molar refractivity (Wildman–Crippen MR) is 69.0 cm³/mol. The minimum Gasteiger partial charge on any atom is -0.349 e. The minimum absolute atomic E-state index is 0.188. The zero-order valence-electron chi connectivity index (χ0n) is 10.6. The van der Waals surface area contributed by atoms with E-state index in [4.69, 9.17) is 0 Å². The number of nitrogens with zero attached hydrogens (tertiary/aromatic N) is 1. The summed E-state index contributed by atoms with van der Waals surface area (Å²) in [5, 5.41) is 3.47. The second kappa shape index (κ2) is 5.32. The lowest BCUT2D eigenvalue weighted by Crippen LogP contribution is -2.33. The zero-order chi connectivity index (χ0) is 12.3. The Morgan fingerprint density at radius 3 is 2.41 bits per heavy atom. The summed E-state index contributed by atoms with van der Waals surface area (Å²) in [6.45, 7) is 0.773. The summed E-state index contributed by atoms with van der Waals surface area (Å²) in [7, 11) is 3.60. The van der Waals surface area contributed by atoms with Gasteiger partial charge >= 0.3 is 0 Å². The zero-order valence-corrected chi connectivity index (χ0v) is 10.6. The third-order valence-corrected chi connectivity index (χ3v) is 3.32. The predicted octanol–water partition coefficient (Wildman–Crippen LogP) is 1.22. The molecule has 1 aliphatic rings. The summed E-state index contributed by atoms with van der Waals surface area (Å²) < 4.78 is 0. The van der Waals surface area contributed by atoms with Crippen LogP contribution in [0.5, 0.6) is 0 Å². The summed E-state index contributed by atoms with van der Waals surface area (Å²) in [4.78, 5) is 13.1. The Morgan fingerprint density at radius 2 is 1.88 bits per heavy atom. The smallest absolute Gasteiger partial charge is 0.223 e. The second-order valence-electron chi connectivity index (χ2n) is 4.87. The van der Waals surface area contributed by atoms with Crippen molar-refractivity contribution in [2.75, 3.05) is 20.6 Å². The molecule has 0 heterocycles. The van der Waals surface area contributed by atoms with E-state index in [2.05, 4.69) is 29.6 Å². The summed E-state index contributed by atoms with van der Waals surface area (Å²) in [6.07, 6.45) is 2.76. The molecule has 1 aromatic rings. The van der Waals surface area contributed by atoms with Gasteiger partial charge in [-0.2, -0.15) is 0 Å². The summed E-state index contributed by atoms with van der Waals surface area (Å²) >= 11 is 0. The number of nitrogens with one attached hydrogen (secondary N) is 1. The lowest BCUT2D eigenvalue weighted by molar-refractivity contribution is -0.128. The number of carbonyl (C=O) groups is 1. The molecular weight excluding hydrogens is 212 g/mol. The van der Waals surface area contributed by atoms with Gasteiger partial charge in [0.25, 0.3) is 0 Å². The van der Waals surface area contributed by atoms with Gasteiger partial charge in [-0.3, -0.25) is 4.79 Å². The Balaban J connectivity index is 1.75. The highest BCUT2D eigenvalue weighted by Gasteiger charge is 2.20. The Labute approximate surface area is 103 Å². The van der Waals surface area contributed by atoms with E-state index >= 15 is 0 Å². The van der Waals surface area contributed by atoms with Crippen molar-refractivity contribution in [2.45, 2.75) is 25.3 Å². The second-order valence-corrected chi connectivity index (χ2v) is 4.87. The maximum Gasteiger partial charge on any atom is 0.223 e. The van der Waals surface area contributed by atoms with Gasteiger partial charge in [0, 0.05) is 33.1 Å². The average molecular weight is 232 g/mol. The standard InChI is InChI=1S/C14H20N2O/c1-16(2)14(17)7-8-15-13-9-11-5-3-4-6-12(11)10-13/h3-6,13,15H,7-10H2,1-2H3. The Morgan fingerprint density at radius 1 is 1.29 bits per heavy atom. The average Bonchev–Trinajstić information content (AvgIpc) is 2.71. The molecule has 0 aliphatic heterocycles. The van der Waals surface area contributed by atoms with Crippen molar-refractivity contribution < 1.29 is 4.79 Å². The summed E-state index contributed by atoms with van der Waals surface area (Å²) in [5.41, 5.74) is 2.90. The molecule has 0 saturated carbocycles. The van der Waals surface area contributed by atoms with Crippen molar-refractivity contribution in [2.24, 2.45) is 0 Å². The summed E-state index contributed by atoms with van der Waals surface area (Å²) in [5.74, 6) is 0.188. The number of benzene rings is 1. The molecule has 0 atom stereocenters. The molecule has 92 valence electrons. The van der Waals surface area contributed by atoms with Crippen LogP contribution in [-0.4, -0.2) is 37.5 Å². The first-order valence-corrected chi connectivity index (χ1v) is 6.17. The van der Waals surface area contributed by atoms with Crippen LogP contribution < -0.4 is 5.32 Å². The highest BCUT2D eigenvalue weighted by atomic mass is 16.2. The lowest BCUT2D eigenvalue weighted by atomic mass is 10.1. The first-order valence-electron chi connectivity index (χ1n) is 6.17. The molecular formula is C14H20N2O. The number of amides is 1. The van der Waals surface area contributed by atoms with Gasteiger partial charge in [0.1, 0.15) is 0 Å². The number of rotatable bonds is 4. The first-order chi connectivity index (χ1) is 8.16. The van der Waals surface area contributed by atoms with Gasteiger partial charge in [-0.15, -0.1) is 0 Å². The lowest BCUT2D eigenvalue weighted by Gasteiger charge is -2.13. The van der Waals surface area contributed by atoms with Gasteiger partial charge < -0.3 is 10.2 Å². The van der Waals surface area contributed by atoms with E-state index in [1.54, 1.807) is 19.0 Å². The van der Waals surface area contributed by atoms with Crippen molar-refractivity contribution >= 4 is 5.91 Å². The van der Waals surface area contributed by atoms with E-state index < -0.39 is 0 Å². The number of carbonyl (C=O) groups excluding carboxylic acids is 1. The van der Waals surface area contributed by atoms with Crippen molar-refractivity contribution in [3.8, 4) is 0 Å². The highest BCUT2D eigenvalue weighted by Crippen LogP contribution is 2.21. The van der Waals surface area contributed by atoms with Crippen LogP contribution in [0.1, 0.15) is 17.5 Å². The van der Waals surface area contributed by atoms with E-state index in [1.807, 2.05) is 0 Å². The van der Waals surface area contributed by atoms with Crippen LogP contribution in [0, 0.1) is 0 Å². The molecule has 0 bridgehead atoms. The van der Waals surface area contributed by atoms with E-state index in [9.17, 15) is 4.79 Å². The van der Waals surface area contributed by atoms with Crippen LogP contribution in [0.2, 0.25) is 0 Å². The molecule has 0 saturated heterocycles.